The highest BCUT2D eigenvalue weighted by molar-refractivity contribution is 5.93. The van der Waals surface area contributed by atoms with Gasteiger partial charge in [-0.05, 0) is 51.5 Å². The number of imidazole rings is 1. The predicted octanol–water partition coefficient (Wildman–Crippen LogP) is 3.18. The summed E-state index contributed by atoms with van der Waals surface area (Å²) in [4.78, 5) is 18.2. The van der Waals surface area contributed by atoms with Crippen LogP contribution in [0.3, 0.4) is 0 Å². The van der Waals surface area contributed by atoms with E-state index in [9.17, 15) is 9.90 Å². The van der Waals surface area contributed by atoms with Gasteiger partial charge < -0.3 is 14.8 Å². The van der Waals surface area contributed by atoms with Crippen LogP contribution in [0, 0.1) is 13.8 Å². The molecule has 0 aliphatic carbocycles. The molecule has 2 N–H and O–H groups in total. The molecule has 1 heterocycles. The average molecular weight is 274 g/mol. The van der Waals surface area contributed by atoms with Gasteiger partial charge in [-0.15, -0.1) is 0 Å². The van der Waals surface area contributed by atoms with Crippen molar-refractivity contribution in [3.8, 4) is 17.0 Å². The van der Waals surface area contributed by atoms with E-state index in [0.29, 0.717) is 11.5 Å². The molecule has 2 aromatic rings. The second kappa shape index (κ2) is 5.36. The summed E-state index contributed by atoms with van der Waals surface area (Å²) in [6.45, 7) is 7.60. The van der Waals surface area contributed by atoms with Crippen molar-refractivity contribution in [1.82, 2.24) is 9.97 Å². The highest BCUT2D eigenvalue weighted by Crippen LogP contribution is 2.28. The van der Waals surface area contributed by atoms with Gasteiger partial charge in [0.15, 0.2) is 5.69 Å². The summed E-state index contributed by atoms with van der Waals surface area (Å²) in [5.41, 5.74) is 2.28. The zero-order valence-electron chi connectivity index (χ0n) is 12.0. The quantitative estimate of drug-likeness (QED) is 0.897. The minimum Gasteiger partial charge on any atom is -0.491 e. The van der Waals surface area contributed by atoms with E-state index in [1.54, 1.807) is 6.92 Å². The first-order chi connectivity index (χ1) is 9.38. The van der Waals surface area contributed by atoms with E-state index in [1.807, 2.05) is 39.0 Å². The Morgan fingerprint density at radius 1 is 1.35 bits per heavy atom. The summed E-state index contributed by atoms with van der Waals surface area (Å²) >= 11 is 0. The number of hydrogen-bond acceptors (Lipinski definition) is 3. The van der Waals surface area contributed by atoms with Gasteiger partial charge in [-0.25, -0.2) is 9.78 Å². The van der Waals surface area contributed by atoms with Crippen molar-refractivity contribution >= 4 is 5.97 Å². The number of carboxylic acid groups (broad SMARTS) is 1. The van der Waals surface area contributed by atoms with Crippen LogP contribution in [0.2, 0.25) is 0 Å². The van der Waals surface area contributed by atoms with Crippen LogP contribution in [0.15, 0.2) is 18.2 Å². The third-order valence-electron chi connectivity index (χ3n) is 2.85. The molecular formula is C15H18N2O3. The number of carboxylic acids is 1. The molecule has 0 atom stereocenters. The Morgan fingerprint density at radius 2 is 2.05 bits per heavy atom. The lowest BCUT2D eigenvalue weighted by atomic mass is 10.1. The van der Waals surface area contributed by atoms with Gasteiger partial charge in [0.2, 0.25) is 0 Å². The highest BCUT2D eigenvalue weighted by atomic mass is 16.5. The normalized spacial score (nSPS) is 10.8. The van der Waals surface area contributed by atoms with E-state index < -0.39 is 5.97 Å². The molecule has 0 saturated carbocycles. The maximum Gasteiger partial charge on any atom is 0.354 e. The number of aromatic carboxylic acids is 1. The minimum atomic E-state index is -1.01. The first-order valence-corrected chi connectivity index (χ1v) is 6.46. The van der Waals surface area contributed by atoms with Crippen molar-refractivity contribution in [1.29, 1.82) is 0 Å². The maximum atomic E-state index is 11.2. The monoisotopic (exact) mass is 274 g/mol. The van der Waals surface area contributed by atoms with Gasteiger partial charge in [0.25, 0.3) is 0 Å². The maximum absolute atomic E-state index is 11.2. The zero-order valence-corrected chi connectivity index (χ0v) is 12.0. The molecule has 106 valence electrons. The van der Waals surface area contributed by atoms with Crippen LogP contribution >= 0.6 is 0 Å². The Hall–Kier alpha value is -2.30. The molecule has 0 fully saturated rings. The molecule has 0 aliphatic heterocycles. The van der Waals surface area contributed by atoms with Crippen LogP contribution in [-0.4, -0.2) is 27.1 Å². The molecule has 20 heavy (non-hydrogen) atoms. The van der Waals surface area contributed by atoms with Crippen LogP contribution in [0.1, 0.15) is 35.7 Å². The summed E-state index contributed by atoms with van der Waals surface area (Å²) in [6, 6.07) is 5.56. The fraction of sp³-hybridized carbons (Fsp3) is 0.333. The molecule has 0 unspecified atom stereocenters. The van der Waals surface area contributed by atoms with Crippen LogP contribution in [0.25, 0.3) is 11.3 Å². The van der Waals surface area contributed by atoms with Gasteiger partial charge in [-0.2, -0.15) is 0 Å². The number of benzene rings is 1. The molecule has 5 heteroatoms. The number of aromatic nitrogens is 2. The Kier molecular flexibility index (Phi) is 3.79. The molecule has 1 aromatic carbocycles. The van der Waals surface area contributed by atoms with Crippen LogP contribution < -0.4 is 4.74 Å². The number of nitrogens with one attached hydrogen (secondary N) is 1. The highest BCUT2D eigenvalue weighted by Gasteiger charge is 2.17. The second-order valence-corrected chi connectivity index (χ2v) is 5.00. The summed E-state index contributed by atoms with van der Waals surface area (Å²) in [5.74, 6) is 0.367. The lowest BCUT2D eigenvalue weighted by Gasteiger charge is -2.13. The van der Waals surface area contributed by atoms with Gasteiger partial charge >= 0.3 is 5.97 Å². The van der Waals surface area contributed by atoms with Gasteiger partial charge in [-0.1, -0.05) is 0 Å². The number of hydrogen-bond donors (Lipinski definition) is 2. The molecule has 5 nitrogen and oxygen atoms in total. The van der Waals surface area contributed by atoms with Crippen molar-refractivity contribution in [3.05, 3.63) is 35.3 Å². The second-order valence-electron chi connectivity index (χ2n) is 5.00. The van der Waals surface area contributed by atoms with Gasteiger partial charge in [0, 0.05) is 5.56 Å². The summed E-state index contributed by atoms with van der Waals surface area (Å²) in [5, 5.41) is 9.19. The molecule has 0 saturated heterocycles. The smallest absolute Gasteiger partial charge is 0.354 e. The molecule has 0 amide bonds. The molecule has 0 radical (unpaired) electrons. The molecular weight excluding hydrogens is 256 g/mol. The van der Waals surface area contributed by atoms with Gasteiger partial charge in [-0.3, -0.25) is 0 Å². The third-order valence-corrected chi connectivity index (χ3v) is 2.85. The first-order valence-electron chi connectivity index (χ1n) is 6.46. The Morgan fingerprint density at radius 3 is 2.60 bits per heavy atom. The standard InChI is InChI=1S/C15H18N2O3/c1-8(2)20-12-6-5-11(7-9(12)3)13-14(15(18)19)17-10(4)16-13/h5-8H,1-4H3,(H,16,17)(H,18,19). The molecule has 0 aliphatic rings. The average Bonchev–Trinajstić information content (AvgIpc) is 2.73. The van der Waals surface area contributed by atoms with E-state index in [4.69, 9.17) is 4.74 Å². The number of aryl methyl sites for hydroxylation is 2. The van der Waals surface area contributed by atoms with E-state index in [0.717, 1.165) is 16.9 Å². The topological polar surface area (TPSA) is 75.2 Å². The zero-order chi connectivity index (χ0) is 14.9. The van der Waals surface area contributed by atoms with Crippen molar-refractivity contribution in [3.63, 3.8) is 0 Å². The number of nitrogens with zero attached hydrogens (tertiary/aromatic N) is 1. The summed E-state index contributed by atoms with van der Waals surface area (Å²) in [6.07, 6.45) is 0.0989. The SMILES string of the molecule is Cc1nc(-c2ccc(OC(C)C)c(C)c2)c(C(=O)O)[nH]1. The predicted molar refractivity (Wildman–Crippen MR) is 76.2 cm³/mol. The number of ether oxygens (including phenoxy) is 1. The van der Waals surface area contributed by atoms with Crippen LogP contribution in [-0.2, 0) is 0 Å². The molecule has 0 bridgehead atoms. The van der Waals surface area contributed by atoms with Crippen molar-refractivity contribution in [2.24, 2.45) is 0 Å². The van der Waals surface area contributed by atoms with Gasteiger partial charge in [0.1, 0.15) is 17.3 Å². The van der Waals surface area contributed by atoms with E-state index in [2.05, 4.69) is 9.97 Å². The third kappa shape index (κ3) is 2.82. The van der Waals surface area contributed by atoms with Crippen LogP contribution in [0.4, 0.5) is 0 Å². The minimum absolute atomic E-state index is 0.0989. The first kappa shape index (κ1) is 14.1. The van der Waals surface area contributed by atoms with Gasteiger partial charge in [0.05, 0.1) is 6.10 Å². The van der Waals surface area contributed by atoms with Crippen molar-refractivity contribution in [2.45, 2.75) is 33.8 Å². The molecule has 2 rings (SSSR count). The molecule has 0 spiro atoms. The number of carbonyl (C=O) groups is 1. The largest absolute Gasteiger partial charge is 0.491 e. The Balaban J connectivity index is 2.44. The van der Waals surface area contributed by atoms with E-state index in [1.165, 1.54) is 0 Å². The molecule has 1 aromatic heterocycles. The number of H-pyrrole nitrogens is 1. The fourth-order valence-electron chi connectivity index (χ4n) is 2.04. The van der Waals surface area contributed by atoms with Crippen molar-refractivity contribution in [2.75, 3.05) is 0 Å². The van der Waals surface area contributed by atoms with E-state index in [-0.39, 0.29) is 11.8 Å². The number of rotatable bonds is 4. The lowest BCUT2D eigenvalue weighted by Crippen LogP contribution is -2.06. The Bertz CT molecular complexity index is 645. The fourth-order valence-corrected chi connectivity index (χ4v) is 2.04. The number of aromatic amines is 1. The van der Waals surface area contributed by atoms with Crippen LogP contribution in [0.5, 0.6) is 5.75 Å². The summed E-state index contributed by atoms with van der Waals surface area (Å²) < 4.78 is 5.67. The van der Waals surface area contributed by atoms with E-state index >= 15 is 0 Å². The Labute approximate surface area is 117 Å². The summed E-state index contributed by atoms with van der Waals surface area (Å²) in [7, 11) is 0. The van der Waals surface area contributed by atoms with Crippen molar-refractivity contribution < 1.29 is 14.6 Å². The lowest BCUT2D eigenvalue weighted by molar-refractivity contribution is 0.0692.